The van der Waals surface area contributed by atoms with E-state index in [-0.39, 0.29) is 18.6 Å². The van der Waals surface area contributed by atoms with E-state index in [0.717, 1.165) is 0 Å². The van der Waals surface area contributed by atoms with Crippen LogP contribution in [-0.2, 0) is 9.53 Å². The molecule has 0 bridgehead atoms. The molecule has 0 aliphatic heterocycles. The summed E-state index contributed by atoms with van der Waals surface area (Å²) in [6, 6.07) is 0.0150. The Morgan fingerprint density at radius 3 is 2.64 bits per heavy atom. The summed E-state index contributed by atoms with van der Waals surface area (Å²) in [5.74, 6) is -0.371. The van der Waals surface area contributed by atoms with Crippen molar-refractivity contribution in [3.8, 4) is 0 Å². The number of hydrogen-bond acceptors (Lipinski definition) is 4. The van der Waals surface area contributed by atoms with E-state index >= 15 is 0 Å². The van der Waals surface area contributed by atoms with Gasteiger partial charge in [-0.05, 0) is 20.9 Å². The van der Waals surface area contributed by atoms with E-state index in [2.05, 4.69) is 6.58 Å². The molecule has 1 unspecified atom stereocenters. The van der Waals surface area contributed by atoms with E-state index in [9.17, 15) is 4.79 Å². The fraction of sp³-hybridized carbons (Fsp3) is 0.700. The molecule has 0 heterocycles. The van der Waals surface area contributed by atoms with Gasteiger partial charge in [0.15, 0.2) is 0 Å². The third-order valence-corrected chi connectivity index (χ3v) is 2.02. The Morgan fingerprint density at radius 2 is 2.21 bits per heavy atom. The predicted octanol–water partition coefficient (Wildman–Crippen LogP) is 0.418. The molecule has 4 nitrogen and oxygen atoms in total. The van der Waals surface area contributed by atoms with Gasteiger partial charge in [-0.25, -0.2) is 4.79 Å². The summed E-state index contributed by atoms with van der Waals surface area (Å²) >= 11 is 0. The number of carbonyl (C=O) groups is 1. The minimum atomic E-state index is -0.371. The van der Waals surface area contributed by atoms with Gasteiger partial charge in [0.05, 0.1) is 13.2 Å². The van der Waals surface area contributed by atoms with E-state index in [1.807, 2.05) is 18.9 Å². The summed E-state index contributed by atoms with van der Waals surface area (Å²) in [6.07, 6.45) is 0. The van der Waals surface area contributed by atoms with Crippen molar-refractivity contribution in [2.45, 2.75) is 19.9 Å². The number of nitrogens with zero attached hydrogens (tertiary/aromatic N) is 1. The number of rotatable bonds is 6. The van der Waals surface area contributed by atoms with Gasteiger partial charge in [0.2, 0.25) is 0 Å². The van der Waals surface area contributed by atoms with E-state index in [1.54, 1.807) is 6.92 Å². The Labute approximate surface area is 85.2 Å². The van der Waals surface area contributed by atoms with Crippen LogP contribution in [0.5, 0.6) is 0 Å². The topological polar surface area (TPSA) is 49.8 Å². The number of hydrogen-bond donors (Lipinski definition) is 1. The van der Waals surface area contributed by atoms with Crippen molar-refractivity contribution in [2.24, 2.45) is 0 Å². The summed E-state index contributed by atoms with van der Waals surface area (Å²) in [6.45, 7) is 8.10. The molecule has 0 rings (SSSR count). The first-order valence-electron chi connectivity index (χ1n) is 4.68. The highest BCUT2D eigenvalue weighted by molar-refractivity contribution is 5.88. The summed E-state index contributed by atoms with van der Waals surface area (Å²) in [4.78, 5) is 13.0. The molecule has 0 amide bonds. The Bertz CT molecular complexity index is 204. The molecule has 1 atom stereocenters. The highest BCUT2D eigenvalue weighted by Gasteiger charge is 2.13. The van der Waals surface area contributed by atoms with Crippen LogP contribution in [-0.4, -0.2) is 48.8 Å². The standard InChI is InChI=1S/C10H19NO3/c1-5-14-10(13)8(2)6-11(4)9(3)7-12/h9,12H,2,5-7H2,1,3-4H3. The lowest BCUT2D eigenvalue weighted by molar-refractivity contribution is -0.138. The van der Waals surface area contributed by atoms with Crippen molar-refractivity contribution in [3.63, 3.8) is 0 Å². The van der Waals surface area contributed by atoms with Crippen molar-refractivity contribution in [1.29, 1.82) is 0 Å². The molecule has 0 saturated heterocycles. The zero-order valence-corrected chi connectivity index (χ0v) is 9.12. The van der Waals surface area contributed by atoms with Gasteiger partial charge in [0.25, 0.3) is 0 Å². The molecule has 82 valence electrons. The smallest absolute Gasteiger partial charge is 0.334 e. The Balaban J connectivity index is 3.99. The Hall–Kier alpha value is -0.870. The van der Waals surface area contributed by atoms with Crippen LogP contribution in [0.3, 0.4) is 0 Å². The average Bonchev–Trinajstić information content (AvgIpc) is 2.16. The van der Waals surface area contributed by atoms with Gasteiger partial charge in [0, 0.05) is 18.2 Å². The highest BCUT2D eigenvalue weighted by atomic mass is 16.5. The lowest BCUT2D eigenvalue weighted by Gasteiger charge is -2.22. The molecule has 0 fully saturated rings. The van der Waals surface area contributed by atoms with E-state index in [1.165, 1.54) is 0 Å². The van der Waals surface area contributed by atoms with Gasteiger partial charge in [-0.1, -0.05) is 6.58 Å². The van der Waals surface area contributed by atoms with E-state index in [0.29, 0.717) is 18.7 Å². The molecule has 4 heteroatoms. The zero-order chi connectivity index (χ0) is 11.1. The van der Waals surface area contributed by atoms with Crippen LogP contribution in [0.1, 0.15) is 13.8 Å². The van der Waals surface area contributed by atoms with Crippen LogP contribution in [0.4, 0.5) is 0 Å². The minimum absolute atomic E-state index is 0.0150. The SMILES string of the molecule is C=C(CN(C)C(C)CO)C(=O)OCC. The lowest BCUT2D eigenvalue weighted by Crippen LogP contribution is -2.34. The maximum absolute atomic E-state index is 11.2. The molecule has 14 heavy (non-hydrogen) atoms. The number of carbonyl (C=O) groups excluding carboxylic acids is 1. The first-order valence-corrected chi connectivity index (χ1v) is 4.68. The minimum Gasteiger partial charge on any atom is -0.463 e. The fourth-order valence-electron chi connectivity index (χ4n) is 0.894. The van der Waals surface area contributed by atoms with E-state index < -0.39 is 0 Å². The van der Waals surface area contributed by atoms with Crippen LogP contribution in [0.2, 0.25) is 0 Å². The predicted molar refractivity (Wildman–Crippen MR) is 55.0 cm³/mol. The quantitative estimate of drug-likeness (QED) is 0.500. The molecular weight excluding hydrogens is 182 g/mol. The number of aliphatic hydroxyl groups is 1. The van der Waals surface area contributed by atoms with Crippen molar-refractivity contribution in [2.75, 3.05) is 26.8 Å². The molecule has 0 aromatic rings. The van der Waals surface area contributed by atoms with Crippen molar-refractivity contribution in [1.82, 2.24) is 4.90 Å². The van der Waals surface area contributed by atoms with Crippen molar-refractivity contribution < 1.29 is 14.6 Å². The normalized spacial score (nSPS) is 12.6. The molecule has 1 N–H and O–H groups in total. The van der Waals surface area contributed by atoms with E-state index in [4.69, 9.17) is 9.84 Å². The van der Waals surface area contributed by atoms with Gasteiger partial charge in [-0.3, -0.25) is 4.90 Å². The first-order chi connectivity index (χ1) is 6.52. The molecule has 0 aromatic heterocycles. The lowest BCUT2D eigenvalue weighted by atomic mass is 10.2. The van der Waals surface area contributed by atoms with Gasteiger partial charge in [-0.2, -0.15) is 0 Å². The Morgan fingerprint density at radius 1 is 1.64 bits per heavy atom. The van der Waals surface area contributed by atoms with Gasteiger partial charge >= 0.3 is 5.97 Å². The van der Waals surface area contributed by atoms with Gasteiger partial charge in [0.1, 0.15) is 0 Å². The summed E-state index contributed by atoms with van der Waals surface area (Å²) in [5, 5.41) is 8.87. The second kappa shape index (κ2) is 6.56. The van der Waals surface area contributed by atoms with Crippen LogP contribution in [0.15, 0.2) is 12.2 Å². The van der Waals surface area contributed by atoms with Crippen LogP contribution in [0.25, 0.3) is 0 Å². The molecule has 0 radical (unpaired) electrons. The largest absolute Gasteiger partial charge is 0.463 e. The fourth-order valence-corrected chi connectivity index (χ4v) is 0.894. The molecular formula is C10H19NO3. The maximum Gasteiger partial charge on any atom is 0.334 e. The monoisotopic (exact) mass is 201 g/mol. The highest BCUT2D eigenvalue weighted by Crippen LogP contribution is 2.01. The van der Waals surface area contributed by atoms with Crippen molar-refractivity contribution >= 4 is 5.97 Å². The van der Waals surface area contributed by atoms with Crippen LogP contribution in [0, 0.1) is 0 Å². The number of aliphatic hydroxyl groups excluding tert-OH is 1. The molecule has 0 aromatic carbocycles. The zero-order valence-electron chi connectivity index (χ0n) is 9.12. The summed E-state index contributed by atoms with van der Waals surface area (Å²) in [5.41, 5.74) is 0.412. The number of esters is 1. The second-order valence-electron chi connectivity index (χ2n) is 3.27. The second-order valence-corrected chi connectivity index (χ2v) is 3.27. The number of ether oxygens (including phenoxy) is 1. The van der Waals surface area contributed by atoms with Gasteiger partial charge in [-0.15, -0.1) is 0 Å². The molecule has 0 aliphatic carbocycles. The molecule has 0 saturated carbocycles. The summed E-state index contributed by atoms with van der Waals surface area (Å²) in [7, 11) is 1.82. The number of likely N-dealkylation sites (N-methyl/N-ethyl adjacent to an activating group) is 1. The maximum atomic E-state index is 11.2. The molecule has 0 aliphatic rings. The average molecular weight is 201 g/mol. The van der Waals surface area contributed by atoms with Crippen molar-refractivity contribution in [3.05, 3.63) is 12.2 Å². The first kappa shape index (κ1) is 13.1. The molecule has 0 spiro atoms. The van der Waals surface area contributed by atoms with Gasteiger partial charge < -0.3 is 9.84 Å². The van der Waals surface area contributed by atoms with Crippen LogP contribution < -0.4 is 0 Å². The van der Waals surface area contributed by atoms with Crippen LogP contribution >= 0.6 is 0 Å². The summed E-state index contributed by atoms with van der Waals surface area (Å²) < 4.78 is 4.79. The Kier molecular flexibility index (Phi) is 6.16. The third-order valence-electron chi connectivity index (χ3n) is 2.02. The third kappa shape index (κ3) is 4.39.